The van der Waals surface area contributed by atoms with Crippen LogP contribution in [0.25, 0.3) is 0 Å². The van der Waals surface area contributed by atoms with E-state index in [0.717, 1.165) is 17.0 Å². The number of amides is 2. The summed E-state index contributed by atoms with van der Waals surface area (Å²) < 4.78 is 39.2. The Morgan fingerprint density at radius 2 is 1.94 bits per heavy atom. The van der Waals surface area contributed by atoms with Crippen LogP contribution in [0.2, 0.25) is 0 Å². The second-order valence-electron chi connectivity index (χ2n) is 8.00. The van der Waals surface area contributed by atoms with Crippen LogP contribution in [0.3, 0.4) is 0 Å². The first kappa shape index (κ1) is 22.2. The first-order valence-electron chi connectivity index (χ1n) is 10.3. The zero-order valence-corrected chi connectivity index (χ0v) is 18.6. The summed E-state index contributed by atoms with van der Waals surface area (Å²) in [5.74, 6) is -1.74. The smallest absolute Gasteiger partial charge is 0.414 e. The van der Waals surface area contributed by atoms with Crippen molar-refractivity contribution in [3.05, 3.63) is 34.9 Å². The van der Waals surface area contributed by atoms with Crippen LogP contribution in [-0.2, 0) is 16.6 Å². The van der Waals surface area contributed by atoms with E-state index in [9.17, 15) is 18.4 Å². The van der Waals surface area contributed by atoms with E-state index in [4.69, 9.17) is 17.0 Å². The molecular weight excluding hydrogens is 442 g/mol. The Balaban J connectivity index is 1.46. The van der Waals surface area contributed by atoms with Crippen LogP contribution in [0.4, 0.5) is 25.0 Å². The van der Waals surface area contributed by atoms with Crippen LogP contribution in [0.5, 0.6) is 0 Å². The molecule has 2 saturated heterocycles. The molecule has 172 valence electrons. The van der Waals surface area contributed by atoms with Crippen molar-refractivity contribution in [3.63, 3.8) is 0 Å². The summed E-state index contributed by atoms with van der Waals surface area (Å²) in [4.78, 5) is 26.0. The molecule has 12 heteroatoms. The Morgan fingerprint density at radius 3 is 2.50 bits per heavy atom. The zero-order valence-electron chi connectivity index (χ0n) is 17.8. The predicted octanol–water partition coefficient (Wildman–Crippen LogP) is 2.53. The molecule has 1 unspecified atom stereocenters. The maximum Gasteiger partial charge on any atom is 0.414 e. The van der Waals surface area contributed by atoms with E-state index >= 15 is 0 Å². The van der Waals surface area contributed by atoms with Gasteiger partial charge in [-0.15, -0.1) is 0 Å². The van der Waals surface area contributed by atoms with E-state index in [-0.39, 0.29) is 36.4 Å². The molecule has 1 N–H and O–H groups in total. The van der Waals surface area contributed by atoms with E-state index in [2.05, 4.69) is 10.4 Å². The Labute approximate surface area is 188 Å². The maximum absolute atomic E-state index is 15.0. The first-order chi connectivity index (χ1) is 15.2. The molecule has 2 aliphatic rings. The Hall–Kier alpha value is -3.02. The molecule has 1 atom stereocenters. The molecule has 3 heterocycles. The lowest BCUT2D eigenvalue weighted by Gasteiger charge is -2.34. The van der Waals surface area contributed by atoms with Gasteiger partial charge in [0.25, 0.3) is 0 Å². The lowest BCUT2D eigenvalue weighted by Crippen LogP contribution is -2.36. The lowest BCUT2D eigenvalue weighted by atomic mass is 10.0. The van der Waals surface area contributed by atoms with Gasteiger partial charge in [0, 0.05) is 39.2 Å². The Kier molecular flexibility index (Phi) is 6.13. The highest BCUT2D eigenvalue weighted by Gasteiger charge is 2.34. The number of ether oxygens (including phenoxy) is 1. The molecule has 0 saturated carbocycles. The third-order valence-electron chi connectivity index (χ3n) is 5.74. The number of piperidine rings is 1. The zero-order chi connectivity index (χ0) is 23.0. The van der Waals surface area contributed by atoms with Gasteiger partial charge < -0.3 is 19.5 Å². The molecule has 0 bridgehead atoms. The van der Waals surface area contributed by atoms with Crippen molar-refractivity contribution in [3.8, 4) is 0 Å². The average Bonchev–Trinajstić information content (AvgIpc) is 3.28. The van der Waals surface area contributed by atoms with Crippen LogP contribution in [-0.4, -0.2) is 58.6 Å². The van der Waals surface area contributed by atoms with E-state index in [1.54, 1.807) is 20.5 Å². The fourth-order valence-corrected chi connectivity index (χ4v) is 4.33. The number of rotatable bonds is 5. The number of anilines is 2. The number of carbonyl (C=O) groups is 2. The molecule has 2 amide bonds. The van der Waals surface area contributed by atoms with Crippen molar-refractivity contribution in [1.82, 2.24) is 19.7 Å². The van der Waals surface area contributed by atoms with Crippen molar-refractivity contribution in [1.29, 1.82) is 0 Å². The molecule has 1 aromatic heterocycles. The minimum absolute atomic E-state index is 0.0743. The normalized spacial score (nSPS) is 19.4. The molecule has 32 heavy (non-hydrogen) atoms. The van der Waals surface area contributed by atoms with E-state index < -0.39 is 23.8 Å². The number of halogens is 2. The number of hydrogen-bond donors (Lipinski definition) is 1. The van der Waals surface area contributed by atoms with Crippen molar-refractivity contribution in [2.24, 2.45) is 7.05 Å². The third kappa shape index (κ3) is 4.31. The predicted molar refractivity (Wildman–Crippen MR) is 115 cm³/mol. The minimum Gasteiger partial charge on any atom is -0.442 e. The monoisotopic (exact) mass is 466 g/mol. The van der Waals surface area contributed by atoms with Crippen LogP contribution in [0, 0.1) is 16.4 Å². The Morgan fingerprint density at radius 1 is 1.28 bits per heavy atom. The van der Waals surface area contributed by atoms with Gasteiger partial charge in [-0.2, -0.15) is 5.10 Å². The summed E-state index contributed by atoms with van der Waals surface area (Å²) >= 11 is 5.35. The highest BCUT2D eigenvalue weighted by atomic mass is 32.1. The second-order valence-corrected chi connectivity index (χ2v) is 8.36. The number of nitrogens with one attached hydrogen (secondary N) is 1. The Bertz CT molecular complexity index is 1070. The van der Waals surface area contributed by atoms with Gasteiger partial charge in [-0.05, 0) is 25.1 Å². The highest BCUT2D eigenvalue weighted by molar-refractivity contribution is 7.71. The minimum atomic E-state index is -0.744. The van der Waals surface area contributed by atoms with Crippen molar-refractivity contribution in [2.45, 2.75) is 31.9 Å². The topological polar surface area (TPSA) is 84.6 Å². The van der Waals surface area contributed by atoms with Gasteiger partial charge in [0.2, 0.25) is 5.91 Å². The van der Waals surface area contributed by atoms with Crippen LogP contribution in [0.1, 0.15) is 25.8 Å². The SMILES string of the molecule is CC(=O)NCC1CN(c2cc(F)c(N3CCC(n4ncn(C)c4=S)CC3)c(F)c2)C(=O)O1. The second kappa shape index (κ2) is 8.85. The number of nitrogens with zero attached hydrogens (tertiary/aromatic N) is 5. The summed E-state index contributed by atoms with van der Waals surface area (Å²) in [5.41, 5.74) is -0.0343. The van der Waals surface area contributed by atoms with Crippen molar-refractivity contribution >= 4 is 35.6 Å². The fraction of sp³-hybridized carbons (Fsp3) is 0.500. The summed E-state index contributed by atoms with van der Waals surface area (Å²) in [6.07, 6.45) is 1.65. The molecule has 9 nitrogen and oxygen atoms in total. The van der Waals surface area contributed by atoms with Gasteiger partial charge in [0.15, 0.2) is 16.4 Å². The quantitative estimate of drug-likeness (QED) is 0.682. The van der Waals surface area contributed by atoms with Crippen LogP contribution < -0.4 is 15.1 Å². The van der Waals surface area contributed by atoms with Crippen molar-refractivity contribution in [2.75, 3.05) is 36.0 Å². The number of aromatic nitrogens is 3. The first-order valence-corrected chi connectivity index (χ1v) is 10.7. The standard InChI is InChI=1S/C20H24F2N6O3S/c1-12(29)23-9-15-10-27(20(30)31-15)14-7-16(21)18(17(22)8-14)26-5-3-13(4-6-26)28-19(32)25(2)11-24-28/h7-8,11,13,15H,3-6,9-10H2,1-2H3,(H,23,29). The number of carbonyl (C=O) groups excluding carboxylic acids is 2. The average molecular weight is 467 g/mol. The van der Waals surface area contributed by atoms with E-state index in [0.29, 0.717) is 30.7 Å². The van der Waals surface area contributed by atoms with Crippen molar-refractivity contribution < 1.29 is 23.1 Å². The van der Waals surface area contributed by atoms with Gasteiger partial charge in [0.1, 0.15) is 18.1 Å². The molecular formula is C20H24F2N6O3S. The number of benzene rings is 1. The third-order valence-corrected chi connectivity index (χ3v) is 6.21. The van der Waals surface area contributed by atoms with Gasteiger partial charge in [-0.3, -0.25) is 9.69 Å². The largest absolute Gasteiger partial charge is 0.442 e. The highest BCUT2D eigenvalue weighted by Crippen LogP contribution is 2.34. The van der Waals surface area contributed by atoms with Gasteiger partial charge in [-0.25, -0.2) is 18.3 Å². The van der Waals surface area contributed by atoms with E-state index in [1.165, 1.54) is 6.92 Å². The molecule has 0 radical (unpaired) electrons. The number of aryl methyl sites for hydroxylation is 1. The lowest BCUT2D eigenvalue weighted by molar-refractivity contribution is -0.119. The van der Waals surface area contributed by atoms with Gasteiger partial charge >= 0.3 is 6.09 Å². The molecule has 0 spiro atoms. The van der Waals surface area contributed by atoms with Gasteiger partial charge in [0.05, 0.1) is 24.8 Å². The molecule has 1 aromatic carbocycles. The molecule has 2 aliphatic heterocycles. The van der Waals surface area contributed by atoms with E-state index in [1.807, 2.05) is 7.05 Å². The summed E-state index contributed by atoms with van der Waals surface area (Å²) in [7, 11) is 1.82. The molecule has 4 rings (SSSR count). The fourth-order valence-electron chi connectivity index (χ4n) is 4.08. The number of hydrogen-bond acceptors (Lipinski definition) is 6. The summed E-state index contributed by atoms with van der Waals surface area (Å²) in [6, 6.07) is 2.35. The maximum atomic E-state index is 15.0. The molecule has 2 fully saturated rings. The summed E-state index contributed by atoms with van der Waals surface area (Å²) in [5, 5.41) is 6.86. The molecule has 2 aromatic rings. The van der Waals surface area contributed by atoms with Gasteiger partial charge in [-0.1, -0.05) is 0 Å². The van der Waals surface area contributed by atoms with Crippen LogP contribution in [0.15, 0.2) is 18.5 Å². The van der Waals surface area contributed by atoms with Crippen LogP contribution >= 0.6 is 12.2 Å². The summed E-state index contributed by atoms with van der Waals surface area (Å²) in [6.45, 7) is 2.47. The molecule has 0 aliphatic carbocycles. The number of cyclic esters (lactones) is 1.